The van der Waals surface area contributed by atoms with Crippen LogP contribution in [0, 0.1) is 10.1 Å². The van der Waals surface area contributed by atoms with Gasteiger partial charge in [-0.3, -0.25) is 15.0 Å². The summed E-state index contributed by atoms with van der Waals surface area (Å²) in [5, 5.41) is 23.0. The molecule has 0 radical (unpaired) electrons. The molecule has 0 bridgehead atoms. The van der Waals surface area contributed by atoms with E-state index in [9.17, 15) is 14.9 Å². The Hall–Kier alpha value is -2.15. The van der Waals surface area contributed by atoms with Crippen molar-refractivity contribution in [3.63, 3.8) is 0 Å². The summed E-state index contributed by atoms with van der Waals surface area (Å²) in [4.78, 5) is 23.6. The molecular formula is C14H19N3O4. The van der Waals surface area contributed by atoms with Crippen LogP contribution in [0.5, 0.6) is 0 Å². The fourth-order valence-electron chi connectivity index (χ4n) is 2.55. The highest BCUT2D eigenvalue weighted by Gasteiger charge is 2.21. The van der Waals surface area contributed by atoms with Crippen LogP contribution in [0.4, 0.5) is 11.4 Å². The van der Waals surface area contributed by atoms with Gasteiger partial charge in [0.25, 0.3) is 5.69 Å². The molecule has 1 unspecified atom stereocenters. The molecule has 0 spiro atoms. The number of carbonyl (C=O) groups is 1. The standard InChI is InChI=1S/C14H19N3O4/c1-10(16-6-2-3-7-16)9-15-11-4-5-12(14(18)19)13(8-11)17(20)21/h4-5,8,10,15H,2-3,6-7,9H2,1H3,(H,18,19). The van der Waals surface area contributed by atoms with Crippen LogP contribution in [-0.4, -0.2) is 46.6 Å². The van der Waals surface area contributed by atoms with E-state index in [-0.39, 0.29) is 11.3 Å². The maximum absolute atomic E-state index is 10.9. The molecule has 2 rings (SSSR count). The van der Waals surface area contributed by atoms with Crippen molar-refractivity contribution in [3.05, 3.63) is 33.9 Å². The molecule has 0 aromatic heterocycles. The van der Waals surface area contributed by atoms with Crippen molar-refractivity contribution < 1.29 is 14.8 Å². The molecule has 1 aliphatic rings. The summed E-state index contributed by atoms with van der Waals surface area (Å²) in [5.74, 6) is -1.29. The van der Waals surface area contributed by atoms with Gasteiger partial charge in [0, 0.05) is 24.3 Å². The Labute approximate surface area is 122 Å². The number of nitrogens with one attached hydrogen (secondary N) is 1. The molecule has 0 amide bonds. The lowest BCUT2D eigenvalue weighted by molar-refractivity contribution is -0.385. The van der Waals surface area contributed by atoms with Gasteiger partial charge >= 0.3 is 5.97 Å². The molecule has 7 heteroatoms. The quantitative estimate of drug-likeness (QED) is 0.616. The summed E-state index contributed by atoms with van der Waals surface area (Å²) in [5.41, 5.74) is -0.114. The number of carboxylic acid groups (broad SMARTS) is 1. The van der Waals surface area contributed by atoms with E-state index < -0.39 is 10.9 Å². The number of rotatable bonds is 6. The first-order valence-electron chi connectivity index (χ1n) is 6.98. The summed E-state index contributed by atoms with van der Waals surface area (Å²) >= 11 is 0. The average molecular weight is 293 g/mol. The van der Waals surface area contributed by atoms with E-state index >= 15 is 0 Å². The van der Waals surface area contributed by atoms with Crippen molar-refractivity contribution >= 4 is 17.3 Å². The van der Waals surface area contributed by atoms with Crippen molar-refractivity contribution in [1.29, 1.82) is 0 Å². The number of hydrogen-bond acceptors (Lipinski definition) is 5. The lowest BCUT2D eigenvalue weighted by atomic mass is 10.1. The first-order valence-corrected chi connectivity index (χ1v) is 6.98. The lowest BCUT2D eigenvalue weighted by Gasteiger charge is -2.24. The number of carboxylic acids is 1. The summed E-state index contributed by atoms with van der Waals surface area (Å²) in [7, 11) is 0. The predicted octanol–water partition coefficient (Wildman–Crippen LogP) is 2.19. The Kier molecular flexibility index (Phi) is 4.74. The highest BCUT2D eigenvalue weighted by atomic mass is 16.6. The zero-order chi connectivity index (χ0) is 15.4. The number of likely N-dealkylation sites (tertiary alicyclic amines) is 1. The fourth-order valence-corrected chi connectivity index (χ4v) is 2.55. The van der Waals surface area contributed by atoms with E-state index in [2.05, 4.69) is 17.1 Å². The van der Waals surface area contributed by atoms with Gasteiger partial charge < -0.3 is 10.4 Å². The van der Waals surface area contributed by atoms with Crippen LogP contribution >= 0.6 is 0 Å². The number of hydrogen-bond donors (Lipinski definition) is 2. The van der Waals surface area contributed by atoms with E-state index in [1.165, 1.54) is 25.0 Å². The lowest BCUT2D eigenvalue weighted by Crippen LogP contribution is -2.35. The first-order chi connectivity index (χ1) is 9.99. The third-order valence-electron chi connectivity index (χ3n) is 3.79. The van der Waals surface area contributed by atoms with Crippen molar-refractivity contribution in [3.8, 4) is 0 Å². The molecule has 0 saturated carbocycles. The minimum atomic E-state index is -1.29. The van der Waals surface area contributed by atoms with Crippen LogP contribution in [0.1, 0.15) is 30.1 Å². The molecule has 1 atom stereocenters. The van der Waals surface area contributed by atoms with Crippen molar-refractivity contribution in [1.82, 2.24) is 4.90 Å². The minimum absolute atomic E-state index is 0.293. The highest BCUT2D eigenvalue weighted by molar-refractivity contribution is 5.93. The first kappa shape index (κ1) is 15.2. The number of nitro groups is 1. The third-order valence-corrected chi connectivity index (χ3v) is 3.79. The van der Waals surface area contributed by atoms with E-state index in [0.29, 0.717) is 18.3 Å². The maximum atomic E-state index is 10.9. The molecule has 21 heavy (non-hydrogen) atoms. The van der Waals surface area contributed by atoms with Gasteiger partial charge in [0.05, 0.1) is 4.92 Å². The van der Waals surface area contributed by atoms with E-state index in [1.54, 1.807) is 6.07 Å². The van der Waals surface area contributed by atoms with Gasteiger partial charge in [0.1, 0.15) is 5.56 Å². The van der Waals surface area contributed by atoms with Gasteiger partial charge in [-0.15, -0.1) is 0 Å². The van der Waals surface area contributed by atoms with Crippen molar-refractivity contribution in [2.24, 2.45) is 0 Å². The molecule has 2 N–H and O–H groups in total. The summed E-state index contributed by atoms with van der Waals surface area (Å²) in [6, 6.07) is 4.45. The Morgan fingerprint density at radius 3 is 2.71 bits per heavy atom. The Morgan fingerprint density at radius 2 is 2.14 bits per heavy atom. The number of aromatic carboxylic acids is 1. The maximum Gasteiger partial charge on any atom is 0.342 e. The Balaban J connectivity index is 2.05. The van der Waals surface area contributed by atoms with Crippen LogP contribution in [0.15, 0.2) is 18.2 Å². The minimum Gasteiger partial charge on any atom is -0.477 e. The van der Waals surface area contributed by atoms with E-state index in [4.69, 9.17) is 5.11 Å². The van der Waals surface area contributed by atoms with Gasteiger partial charge in [0.2, 0.25) is 0 Å². The topological polar surface area (TPSA) is 95.7 Å². The molecule has 1 aliphatic heterocycles. The van der Waals surface area contributed by atoms with Gasteiger partial charge in [-0.2, -0.15) is 0 Å². The molecule has 0 aliphatic carbocycles. The average Bonchev–Trinajstić information content (AvgIpc) is 2.98. The predicted molar refractivity (Wildman–Crippen MR) is 78.8 cm³/mol. The highest BCUT2D eigenvalue weighted by Crippen LogP contribution is 2.23. The molecule has 1 fully saturated rings. The number of anilines is 1. The second-order valence-corrected chi connectivity index (χ2v) is 5.27. The zero-order valence-corrected chi connectivity index (χ0v) is 11.9. The van der Waals surface area contributed by atoms with Crippen LogP contribution in [0.25, 0.3) is 0 Å². The number of nitrogens with zero attached hydrogens (tertiary/aromatic N) is 2. The summed E-state index contributed by atoms with van der Waals surface area (Å²) in [6.45, 7) is 4.95. The van der Waals surface area contributed by atoms with Crippen LogP contribution in [0.2, 0.25) is 0 Å². The second kappa shape index (κ2) is 6.53. The molecule has 114 valence electrons. The monoisotopic (exact) mass is 293 g/mol. The van der Waals surface area contributed by atoms with Crippen LogP contribution in [0.3, 0.4) is 0 Å². The molecule has 1 aromatic rings. The SMILES string of the molecule is CC(CNc1ccc(C(=O)O)c([N+](=O)[O-])c1)N1CCCC1. The third kappa shape index (κ3) is 3.69. The Morgan fingerprint density at radius 1 is 1.48 bits per heavy atom. The molecular weight excluding hydrogens is 274 g/mol. The second-order valence-electron chi connectivity index (χ2n) is 5.27. The van der Waals surface area contributed by atoms with Gasteiger partial charge in [-0.25, -0.2) is 4.79 Å². The van der Waals surface area contributed by atoms with E-state index in [1.807, 2.05) is 0 Å². The molecule has 1 saturated heterocycles. The van der Waals surface area contributed by atoms with E-state index in [0.717, 1.165) is 13.1 Å². The van der Waals surface area contributed by atoms with Crippen LogP contribution in [-0.2, 0) is 0 Å². The largest absolute Gasteiger partial charge is 0.477 e. The van der Waals surface area contributed by atoms with Gasteiger partial charge in [-0.05, 0) is 45.0 Å². The normalized spacial score (nSPS) is 16.6. The fraction of sp³-hybridized carbons (Fsp3) is 0.500. The molecule has 1 aromatic carbocycles. The molecule has 1 heterocycles. The van der Waals surface area contributed by atoms with Crippen LogP contribution < -0.4 is 5.32 Å². The van der Waals surface area contributed by atoms with Gasteiger partial charge in [-0.1, -0.05) is 0 Å². The summed E-state index contributed by atoms with van der Waals surface area (Å²) in [6.07, 6.45) is 2.42. The smallest absolute Gasteiger partial charge is 0.342 e. The Bertz CT molecular complexity index is 541. The zero-order valence-electron chi connectivity index (χ0n) is 11.9. The summed E-state index contributed by atoms with van der Waals surface area (Å²) < 4.78 is 0. The van der Waals surface area contributed by atoms with Gasteiger partial charge in [0.15, 0.2) is 0 Å². The number of benzene rings is 1. The van der Waals surface area contributed by atoms with Crippen molar-refractivity contribution in [2.45, 2.75) is 25.8 Å². The number of nitro benzene ring substituents is 1. The van der Waals surface area contributed by atoms with Crippen molar-refractivity contribution in [2.75, 3.05) is 25.0 Å². The molecule has 7 nitrogen and oxygen atoms in total.